The van der Waals surface area contributed by atoms with Crippen LogP contribution in [0.2, 0.25) is 0 Å². The fourth-order valence-electron chi connectivity index (χ4n) is 3.74. The SMILES string of the molecule is CSCCC(NS(=O)(=O)c1ccc(C)cc1)C(=O)Nc1nc(CN2CCCC(C)C2)cs1. The molecule has 1 amide bonds. The molecule has 2 unspecified atom stereocenters. The Balaban J connectivity index is 1.64. The van der Waals surface area contributed by atoms with Crippen molar-refractivity contribution in [3.8, 4) is 0 Å². The number of benzene rings is 1. The fraction of sp³-hybridized carbons (Fsp3) is 0.545. The molecule has 32 heavy (non-hydrogen) atoms. The molecule has 1 saturated heterocycles. The van der Waals surface area contributed by atoms with Crippen molar-refractivity contribution in [1.29, 1.82) is 0 Å². The molecule has 0 spiro atoms. The lowest BCUT2D eigenvalue weighted by molar-refractivity contribution is -0.117. The molecule has 2 heterocycles. The van der Waals surface area contributed by atoms with Crippen molar-refractivity contribution < 1.29 is 13.2 Å². The number of piperidine rings is 1. The molecule has 1 fully saturated rings. The Labute approximate surface area is 199 Å². The number of hydrogen-bond donors (Lipinski definition) is 2. The fourth-order valence-corrected chi connectivity index (χ4v) is 6.15. The summed E-state index contributed by atoms with van der Waals surface area (Å²) in [4.78, 5) is 20.0. The molecule has 0 aliphatic carbocycles. The van der Waals surface area contributed by atoms with E-state index in [0.717, 1.165) is 30.9 Å². The van der Waals surface area contributed by atoms with E-state index in [1.807, 2.05) is 18.6 Å². The first-order valence-corrected chi connectivity index (χ1v) is 14.6. The van der Waals surface area contributed by atoms with Crippen LogP contribution in [0.5, 0.6) is 0 Å². The largest absolute Gasteiger partial charge is 0.301 e. The molecular weight excluding hydrogens is 464 g/mol. The van der Waals surface area contributed by atoms with E-state index in [2.05, 4.69) is 26.8 Å². The molecule has 2 N–H and O–H groups in total. The van der Waals surface area contributed by atoms with Crippen molar-refractivity contribution in [2.45, 2.75) is 50.6 Å². The second-order valence-electron chi connectivity index (χ2n) is 8.38. The maximum Gasteiger partial charge on any atom is 0.244 e. The number of likely N-dealkylation sites (tertiary alicyclic amines) is 1. The molecule has 1 aromatic heterocycles. The number of hydrogen-bond acceptors (Lipinski definition) is 7. The van der Waals surface area contributed by atoms with Gasteiger partial charge in [-0.25, -0.2) is 13.4 Å². The predicted octanol–water partition coefficient (Wildman–Crippen LogP) is 3.72. The van der Waals surface area contributed by atoms with Crippen molar-refractivity contribution in [3.63, 3.8) is 0 Å². The van der Waals surface area contributed by atoms with Gasteiger partial charge in [-0.3, -0.25) is 9.69 Å². The van der Waals surface area contributed by atoms with Crippen LogP contribution in [0.1, 0.15) is 37.4 Å². The van der Waals surface area contributed by atoms with E-state index >= 15 is 0 Å². The molecular formula is C22H32N4O3S3. The van der Waals surface area contributed by atoms with Crippen molar-refractivity contribution in [2.24, 2.45) is 5.92 Å². The number of sulfonamides is 1. The summed E-state index contributed by atoms with van der Waals surface area (Å²) >= 11 is 2.94. The summed E-state index contributed by atoms with van der Waals surface area (Å²) < 4.78 is 28.2. The van der Waals surface area contributed by atoms with Gasteiger partial charge in [0.2, 0.25) is 15.9 Å². The van der Waals surface area contributed by atoms with E-state index < -0.39 is 16.1 Å². The minimum absolute atomic E-state index is 0.150. The Hall–Kier alpha value is -1.46. The zero-order valence-corrected chi connectivity index (χ0v) is 21.3. The van der Waals surface area contributed by atoms with Gasteiger partial charge < -0.3 is 5.32 Å². The van der Waals surface area contributed by atoms with Crippen molar-refractivity contribution in [1.82, 2.24) is 14.6 Å². The van der Waals surface area contributed by atoms with Gasteiger partial charge in [-0.05, 0) is 62.8 Å². The van der Waals surface area contributed by atoms with E-state index in [0.29, 0.717) is 23.2 Å². The number of rotatable bonds is 10. The standard InChI is InChI=1S/C22H32N4O3S3/c1-16-6-8-19(9-7-16)32(28,29)25-20(10-12-30-3)21(27)24-22-23-18(15-31-22)14-26-11-4-5-17(2)13-26/h6-9,15,17,20,25H,4-5,10-14H2,1-3H3,(H,23,24,27). The van der Waals surface area contributed by atoms with Crippen LogP contribution in [-0.2, 0) is 21.4 Å². The highest BCUT2D eigenvalue weighted by molar-refractivity contribution is 7.98. The molecule has 2 aromatic rings. The van der Waals surface area contributed by atoms with Crippen molar-refractivity contribution in [2.75, 3.05) is 30.4 Å². The van der Waals surface area contributed by atoms with Gasteiger partial charge >= 0.3 is 0 Å². The zero-order valence-electron chi connectivity index (χ0n) is 18.8. The summed E-state index contributed by atoms with van der Waals surface area (Å²) in [6.45, 7) is 7.07. The maximum absolute atomic E-state index is 12.9. The number of aromatic nitrogens is 1. The van der Waals surface area contributed by atoms with E-state index in [1.54, 1.807) is 36.0 Å². The van der Waals surface area contributed by atoms with Crippen LogP contribution in [0, 0.1) is 12.8 Å². The summed E-state index contributed by atoms with van der Waals surface area (Å²) in [7, 11) is -3.81. The third kappa shape index (κ3) is 7.28. The smallest absolute Gasteiger partial charge is 0.244 e. The molecule has 2 atom stereocenters. The normalized spacial score (nSPS) is 18.4. The number of thioether (sulfide) groups is 1. The number of thiazole rings is 1. The van der Waals surface area contributed by atoms with Gasteiger partial charge in [0, 0.05) is 18.5 Å². The topological polar surface area (TPSA) is 91.4 Å². The molecule has 0 bridgehead atoms. The molecule has 0 saturated carbocycles. The van der Waals surface area contributed by atoms with Crippen LogP contribution in [-0.4, -0.2) is 55.3 Å². The number of aryl methyl sites for hydroxylation is 1. The Kier molecular flexibility index (Phi) is 9.13. The average Bonchev–Trinajstić information content (AvgIpc) is 3.18. The number of carbonyl (C=O) groups excluding carboxylic acids is 1. The van der Waals surface area contributed by atoms with Gasteiger partial charge in [-0.2, -0.15) is 16.5 Å². The van der Waals surface area contributed by atoms with Gasteiger partial charge in [-0.15, -0.1) is 11.3 Å². The van der Waals surface area contributed by atoms with E-state index in [1.165, 1.54) is 24.2 Å². The lowest BCUT2D eigenvalue weighted by Crippen LogP contribution is -2.44. The second-order valence-corrected chi connectivity index (χ2v) is 11.9. The summed E-state index contributed by atoms with van der Waals surface area (Å²) in [6.07, 6.45) is 4.79. The molecule has 176 valence electrons. The number of nitrogens with one attached hydrogen (secondary N) is 2. The van der Waals surface area contributed by atoms with Crippen LogP contribution in [0.25, 0.3) is 0 Å². The molecule has 3 rings (SSSR count). The highest BCUT2D eigenvalue weighted by Gasteiger charge is 2.26. The summed E-state index contributed by atoms with van der Waals surface area (Å²) in [6, 6.07) is 5.72. The molecule has 1 aliphatic rings. The molecule has 10 heteroatoms. The third-order valence-electron chi connectivity index (χ3n) is 5.46. The average molecular weight is 497 g/mol. The summed E-state index contributed by atoms with van der Waals surface area (Å²) in [5, 5.41) is 5.27. The first kappa shape index (κ1) is 25.2. The number of amides is 1. The molecule has 7 nitrogen and oxygen atoms in total. The van der Waals surface area contributed by atoms with Crippen LogP contribution in [0.4, 0.5) is 5.13 Å². The lowest BCUT2D eigenvalue weighted by atomic mass is 10.0. The predicted molar refractivity (Wildman–Crippen MR) is 133 cm³/mol. The van der Waals surface area contributed by atoms with Crippen molar-refractivity contribution in [3.05, 3.63) is 40.9 Å². The van der Waals surface area contributed by atoms with E-state index in [4.69, 9.17) is 0 Å². The highest BCUT2D eigenvalue weighted by Crippen LogP contribution is 2.21. The van der Waals surface area contributed by atoms with Gasteiger partial charge in [0.05, 0.1) is 10.6 Å². The Bertz CT molecular complexity index is 992. The van der Waals surface area contributed by atoms with Crippen molar-refractivity contribution >= 4 is 44.2 Å². The lowest BCUT2D eigenvalue weighted by Gasteiger charge is -2.30. The quantitative estimate of drug-likeness (QED) is 0.521. The first-order valence-electron chi connectivity index (χ1n) is 10.8. The van der Waals surface area contributed by atoms with Gasteiger partial charge in [0.25, 0.3) is 0 Å². The Morgan fingerprint density at radius 1 is 1.34 bits per heavy atom. The van der Waals surface area contributed by atoms with Gasteiger partial charge in [0.1, 0.15) is 6.04 Å². The first-order chi connectivity index (χ1) is 15.3. The zero-order chi connectivity index (χ0) is 23.1. The molecule has 1 aliphatic heterocycles. The Morgan fingerprint density at radius 2 is 2.09 bits per heavy atom. The molecule has 0 radical (unpaired) electrons. The highest BCUT2D eigenvalue weighted by atomic mass is 32.2. The number of anilines is 1. The summed E-state index contributed by atoms with van der Waals surface area (Å²) in [5.41, 5.74) is 1.90. The minimum Gasteiger partial charge on any atom is -0.301 e. The van der Waals surface area contributed by atoms with Crippen LogP contribution >= 0.6 is 23.1 Å². The second kappa shape index (κ2) is 11.6. The monoisotopic (exact) mass is 496 g/mol. The van der Waals surface area contributed by atoms with E-state index in [9.17, 15) is 13.2 Å². The van der Waals surface area contributed by atoms with Gasteiger partial charge in [0.15, 0.2) is 5.13 Å². The Morgan fingerprint density at radius 3 is 2.78 bits per heavy atom. The molecule has 1 aromatic carbocycles. The summed E-state index contributed by atoms with van der Waals surface area (Å²) in [5.74, 6) is 0.965. The maximum atomic E-state index is 12.9. The van der Waals surface area contributed by atoms with Crippen LogP contribution in [0.15, 0.2) is 34.5 Å². The number of carbonyl (C=O) groups is 1. The third-order valence-corrected chi connectivity index (χ3v) is 8.40. The van der Waals surface area contributed by atoms with E-state index in [-0.39, 0.29) is 10.8 Å². The minimum atomic E-state index is -3.81. The van der Waals surface area contributed by atoms with Crippen LogP contribution in [0.3, 0.4) is 0 Å². The van der Waals surface area contributed by atoms with Gasteiger partial charge in [-0.1, -0.05) is 24.6 Å². The van der Waals surface area contributed by atoms with Crippen LogP contribution < -0.4 is 10.0 Å². The number of nitrogens with zero attached hydrogens (tertiary/aromatic N) is 2.